The Morgan fingerprint density at radius 1 is 1.18 bits per heavy atom. The molecule has 2 heterocycles. The van der Waals surface area contributed by atoms with Crippen LogP contribution < -0.4 is 5.32 Å². The predicted molar refractivity (Wildman–Crippen MR) is 138 cm³/mol. The minimum absolute atomic E-state index is 0.00577. The smallest absolute Gasteiger partial charge is 0.411 e. The molecular weight excluding hydrogens is 509 g/mol. The number of nitrogens with one attached hydrogen (secondary N) is 1. The minimum atomic E-state index is -1.27. The summed E-state index contributed by atoms with van der Waals surface area (Å²) in [5.74, 6) is -1.51. The Balaban J connectivity index is 1.49. The van der Waals surface area contributed by atoms with Crippen LogP contribution in [0.15, 0.2) is 30.4 Å². The van der Waals surface area contributed by atoms with Gasteiger partial charge in [0.05, 0.1) is 19.7 Å². The van der Waals surface area contributed by atoms with Crippen molar-refractivity contribution < 1.29 is 37.8 Å². The van der Waals surface area contributed by atoms with Crippen LogP contribution >= 0.6 is 0 Å². The highest BCUT2D eigenvalue weighted by atomic mass is 19.1. The second kappa shape index (κ2) is 10.9. The van der Waals surface area contributed by atoms with Crippen molar-refractivity contribution in [2.75, 3.05) is 13.2 Å². The van der Waals surface area contributed by atoms with Crippen LogP contribution in [0.3, 0.4) is 0 Å². The second-order valence-corrected chi connectivity index (χ2v) is 11.3. The molecule has 11 heteroatoms. The number of carbonyl (C=O) groups is 4. The van der Waals surface area contributed by atoms with Gasteiger partial charge < -0.3 is 19.5 Å². The van der Waals surface area contributed by atoms with Crippen molar-refractivity contribution in [3.05, 3.63) is 47.3 Å². The molecule has 2 fully saturated rings. The number of rotatable bonds is 5. The van der Waals surface area contributed by atoms with Crippen molar-refractivity contribution in [2.45, 2.75) is 89.8 Å². The molecule has 0 unspecified atom stereocenters. The third-order valence-corrected chi connectivity index (χ3v) is 7.13. The van der Waals surface area contributed by atoms with E-state index < -0.39 is 47.3 Å². The van der Waals surface area contributed by atoms with E-state index in [-0.39, 0.29) is 44.9 Å². The van der Waals surface area contributed by atoms with Gasteiger partial charge in [0.25, 0.3) is 0 Å². The summed E-state index contributed by atoms with van der Waals surface area (Å²) in [6.07, 6.45) is -1.09. The molecule has 3 atom stereocenters. The Morgan fingerprint density at radius 3 is 2.54 bits per heavy atom. The molecule has 0 radical (unpaired) electrons. The number of amides is 3. The van der Waals surface area contributed by atoms with Gasteiger partial charge in [0, 0.05) is 24.9 Å². The molecule has 3 aliphatic rings. The maximum atomic E-state index is 14.2. The van der Waals surface area contributed by atoms with Gasteiger partial charge in [-0.1, -0.05) is 24.3 Å². The SMILES string of the molecule is C=C1CC[C@](NC(=O)[C@@H]2C[C@@H](OC(=O)N3Cc4cccc(F)c4C3)CN2C(=O)OC(C)(C)C)(C(=O)OCC)C1. The second-order valence-electron chi connectivity index (χ2n) is 11.3. The van der Waals surface area contributed by atoms with Gasteiger partial charge in [0.1, 0.15) is 29.1 Å². The van der Waals surface area contributed by atoms with Crippen molar-refractivity contribution in [1.82, 2.24) is 15.1 Å². The largest absolute Gasteiger partial charge is 0.464 e. The number of hydrogen-bond acceptors (Lipinski definition) is 7. The van der Waals surface area contributed by atoms with E-state index in [4.69, 9.17) is 14.2 Å². The fourth-order valence-electron chi connectivity index (χ4n) is 5.29. The lowest BCUT2D eigenvalue weighted by Crippen LogP contribution is -2.58. The molecular formula is C28H36FN3O7. The third kappa shape index (κ3) is 6.17. The summed E-state index contributed by atoms with van der Waals surface area (Å²) >= 11 is 0. The average Bonchev–Trinajstić information content (AvgIpc) is 3.56. The maximum Gasteiger partial charge on any atom is 0.411 e. The minimum Gasteiger partial charge on any atom is -0.464 e. The molecule has 0 spiro atoms. The van der Waals surface area contributed by atoms with Gasteiger partial charge in [-0.2, -0.15) is 0 Å². The zero-order valence-corrected chi connectivity index (χ0v) is 22.9. The Morgan fingerprint density at radius 2 is 1.92 bits per heavy atom. The summed E-state index contributed by atoms with van der Waals surface area (Å²) in [6, 6.07) is 3.63. The number of halogens is 1. The first-order chi connectivity index (χ1) is 18.3. The summed E-state index contributed by atoms with van der Waals surface area (Å²) in [5, 5.41) is 2.83. The van der Waals surface area contributed by atoms with Gasteiger partial charge in [-0.3, -0.25) is 14.6 Å². The fraction of sp³-hybridized carbons (Fsp3) is 0.571. The molecule has 3 amide bonds. The highest BCUT2D eigenvalue weighted by molar-refractivity contribution is 5.93. The lowest BCUT2D eigenvalue weighted by Gasteiger charge is -2.32. The topological polar surface area (TPSA) is 114 Å². The quantitative estimate of drug-likeness (QED) is 0.340. The molecule has 212 valence electrons. The number of likely N-dealkylation sites (tertiary alicyclic amines) is 1. The fourth-order valence-corrected chi connectivity index (χ4v) is 5.29. The zero-order valence-electron chi connectivity index (χ0n) is 22.9. The first-order valence-electron chi connectivity index (χ1n) is 13.2. The summed E-state index contributed by atoms with van der Waals surface area (Å²) in [4.78, 5) is 55.1. The Hall–Kier alpha value is -3.63. The molecule has 1 aliphatic carbocycles. The molecule has 0 aromatic heterocycles. The number of ether oxygens (including phenoxy) is 3. The molecule has 4 rings (SSSR count). The molecule has 1 saturated heterocycles. The highest BCUT2D eigenvalue weighted by Gasteiger charge is 2.50. The molecule has 2 aliphatic heterocycles. The van der Waals surface area contributed by atoms with E-state index >= 15 is 0 Å². The van der Waals surface area contributed by atoms with Crippen LogP contribution in [0.25, 0.3) is 0 Å². The van der Waals surface area contributed by atoms with Gasteiger partial charge in [-0.15, -0.1) is 0 Å². The van der Waals surface area contributed by atoms with E-state index in [2.05, 4.69) is 11.9 Å². The number of nitrogens with zero attached hydrogens (tertiary/aromatic N) is 2. The van der Waals surface area contributed by atoms with E-state index in [0.29, 0.717) is 24.0 Å². The first kappa shape index (κ1) is 28.4. The van der Waals surface area contributed by atoms with Gasteiger partial charge in [0.15, 0.2) is 0 Å². The Labute approximate surface area is 227 Å². The van der Waals surface area contributed by atoms with E-state index in [9.17, 15) is 23.6 Å². The van der Waals surface area contributed by atoms with E-state index in [0.717, 1.165) is 5.57 Å². The van der Waals surface area contributed by atoms with E-state index in [1.807, 2.05) is 0 Å². The number of benzene rings is 1. The van der Waals surface area contributed by atoms with Crippen LogP contribution in [0, 0.1) is 5.82 Å². The monoisotopic (exact) mass is 545 g/mol. The van der Waals surface area contributed by atoms with Crippen LogP contribution in [-0.2, 0) is 36.9 Å². The van der Waals surface area contributed by atoms with Crippen molar-refractivity contribution in [2.24, 2.45) is 0 Å². The predicted octanol–water partition coefficient (Wildman–Crippen LogP) is 3.81. The molecule has 10 nitrogen and oxygen atoms in total. The van der Waals surface area contributed by atoms with Crippen molar-refractivity contribution >= 4 is 24.1 Å². The van der Waals surface area contributed by atoms with Crippen molar-refractivity contribution in [3.63, 3.8) is 0 Å². The van der Waals surface area contributed by atoms with Gasteiger partial charge in [-0.25, -0.2) is 18.8 Å². The van der Waals surface area contributed by atoms with Crippen LogP contribution in [0.1, 0.15) is 64.5 Å². The van der Waals surface area contributed by atoms with E-state index in [1.54, 1.807) is 39.8 Å². The molecule has 0 bridgehead atoms. The normalized spacial score (nSPS) is 24.4. The van der Waals surface area contributed by atoms with E-state index in [1.165, 1.54) is 15.9 Å². The molecule has 1 N–H and O–H groups in total. The Kier molecular flexibility index (Phi) is 7.90. The van der Waals surface area contributed by atoms with Crippen molar-refractivity contribution in [1.29, 1.82) is 0 Å². The number of esters is 1. The average molecular weight is 546 g/mol. The van der Waals surface area contributed by atoms with Crippen LogP contribution in [0.2, 0.25) is 0 Å². The number of carbonyl (C=O) groups excluding carboxylic acids is 4. The van der Waals surface area contributed by atoms with Crippen LogP contribution in [0.5, 0.6) is 0 Å². The summed E-state index contributed by atoms with van der Waals surface area (Å²) in [5.41, 5.74) is -0.143. The van der Waals surface area contributed by atoms with Crippen molar-refractivity contribution in [3.8, 4) is 0 Å². The van der Waals surface area contributed by atoms with Crippen LogP contribution in [-0.4, -0.2) is 70.3 Å². The number of hydrogen-bond donors (Lipinski definition) is 1. The third-order valence-electron chi connectivity index (χ3n) is 7.13. The standard InChI is InChI=1S/C28H36FN3O7/c1-6-37-24(34)28(11-10-17(2)13-28)30-23(33)22-12-19(15-32(22)26(36)39-27(3,4)5)38-25(35)31-14-18-8-7-9-21(29)20(18)16-31/h7-9,19,22H,2,6,10-16H2,1,3-5H3,(H,30,33)/t19-,22+,28-/m1/s1. The van der Waals surface area contributed by atoms with Gasteiger partial charge in [0.2, 0.25) is 5.91 Å². The molecule has 1 aromatic carbocycles. The number of fused-ring (bicyclic) bond motifs is 1. The lowest BCUT2D eigenvalue weighted by molar-refractivity contribution is -0.153. The summed E-state index contributed by atoms with van der Waals surface area (Å²) < 4.78 is 30.6. The summed E-state index contributed by atoms with van der Waals surface area (Å²) in [6.45, 7) is 11.1. The van der Waals surface area contributed by atoms with Gasteiger partial charge >= 0.3 is 18.2 Å². The lowest BCUT2D eigenvalue weighted by atomic mass is 9.96. The summed E-state index contributed by atoms with van der Waals surface area (Å²) in [7, 11) is 0. The Bertz CT molecular complexity index is 1180. The van der Waals surface area contributed by atoms with Crippen LogP contribution in [0.4, 0.5) is 14.0 Å². The molecule has 39 heavy (non-hydrogen) atoms. The maximum absolute atomic E-state index is 14.2. The molecule has 1 saturated carbocycles. The van der Waals surface area contributed by atoms with Gasteiger partial charge in [-0.05, 0) is 52.2 Å². The first-order valence-corrected chi connectivity index (χ1v) is 13.2. The highest BCUT2D eigenvalue weighted by Crippen LogP contribution is 2.35. The zero-order chi connectivity index (χ0) is 28.5. The molecule has 1 aromatic rings.